The van der Waals surface area contributed by atoms with E-state index in [2.05, 4.69) is 5.32 Å². The van der Waals surface area contributed by atoms with Gasteiger partial charge in [0, 0.05) is 11.6 Å². The number of amides is 2. The molecule has 0 heterocycles. The van der Waals surface area contributed by atoms with Crippen LogP contribution < -0.4 is 20.5 Å². The van der Waals surface area contributed by atoms with Crippen LogP contribution in [0.3, 0.4) is 0 Å². The summed E-state index contributed by atoms with van der Waals surface area (Å²) in [5.41, 5.74) is 5.46. The highest BCUT2D eigenvalue weighted by atomic mass is 19.1. The number of benzene rings is 2. The van der Waals surface area contributed by atoms with Gasteiger partial charge in [-0.05, 0) is 43.3 Å². The number of nitrogens with two attached hydrogens (primary N) is 1. The van der Waals surface area contributed by atoms with Gasteiger partial charge in [0.25, 0.3) is 5.91 Å². The number of nitrogens with one attached hydrogen (secondary N) is 1. The molecule has 6 nitrogen and oxygen atoms in total. The van der Waals surface area contributed by atoms with Crippen LogP contribution in [0.1, 0.15) is 17.3 Å². The van der Waals surface area contributed by atoms with Crippen molar-refractivity contribution in [2.45, 2.75) is 13.0 Å². The molecule has 8 heteroatoms. The lowest BCUT2D eigenvalue weighted by Gasteiger charge is -2.15. The summed E-state index contributed by atoms with van der Waals surface area (Å²) in [6.07, 6.45) is 0. The monoisotopic (exact) mass is 364 g/mol. The van der Waals surface area contributed by atoms with Crippen molar-refractivity contribution in [3.05, 3.63) is 59.7 Å². The molecule has 3 N–H and O–H groups in total. The molecule has 0 spiro atoms. The molecule has 0 aliphatic carbocycles. The van der Waals surface area contributed by atoms with Gasteiger partial charge in [0.2, 0.25) is 5.91 Å². The molecular weight excluding hydrogens is 346 g/mol. The van der Waals surface area contributed by atoms with Crippen LogP contribution in [0.5, 0.6) is 11.5 Å². The minimum Gasteiger partial charge on any atom is -0.488 e. The minimum atomic E-state index is -0.814. The summed E-state index contributed by atoms with van der Waals surface area (Å²) in [5.74, 6) is -2.16. The lowest BCUT2D eigenvalue weighted by molar-refractivity contribution is -0.123. The first-order valence-electron chi connectivity index (χ1n) is 7.75. The van der Waals surface area contributed by atoms with Crippen LogP contribution in [0.2, 0.25) is 0 Å². The summed E-state index contributed by atoms with van der Waals surface area (Å²) in [7, 11) is 0. The van der Waals surface area contributed by atoms with E-state index in [4.69, 9.17) is 15.2 Å². The Morgan fingerprint density at radius 1 is 1.12 bits per heavy atom. The molecule has 0 saturated carbocycles. The lowest BCUT2D eigenvalue weighted by Crippen LogP contribution is -2.39. The second kappa shape index (κ2) is 8.80. The molecule has 2 aromatic rings. The van der Waals surface area contributed by atoms with Crippen LogP contribution in [0, 0.1) is 11.6 Å². The molecule has 26 heavy (non-hydrogen) atoms. The summed E-state index contributed by atoms with van der Waals surface area (Å²) in [5, 5.41) is 2.62. The van der Waals surface area contributed by atoms with E-state index in [-0.39, 0.29) is 19.0 Å². The zero-order valence-corrected chi connectivity index (χ0v) is 14.0. The fourth-order valence-corrected chi connectivity index (χ4v) is 2.03. The largest absolute Gasteiger partial charge is 0.488 e. The average Bonchev–Trinajstić information content (AvgIpc) is 2.59. The second-order valence-electron chi connectivity index (χ2n) is 5.53. The van der Waals surface area contributed by atoms with E-state index in [1.807, 2.05) is 0 Å². The van der Waals surface area contributed by atoms with Gasteiger partial charge in [-0.25, -0.2) is 8.78 Å². The second-order valence-corrected chi connectivity index (χ2v) is 5.53. The maximum Gasteiger partial charge on any atom is 0.258 e. The van der Waals surface area contributed by atoms with Crippen molar-refractivity contribution in [2.24, 2.45) is 5.73 Å². The summed E-state index contributed by atoms with van der Waals surface area (Å²) in [4.78, 5) is 22.8. The molecular formula is C18H18F2N2O4. The number of hydrogen-bond donors (Lipinski definition) is 2. The Morgan fingerprint density at radius 3 is 2.42 bits per heavy atom. The third-order valence-corrected chi connectivity index (χ3v) is 3.30. The van der Waals surface area contributed by atoms with E-state index in [0.29, 0.717) is 11.3 Å². The molecule has 0 fully saturated rings. The maximum atomic E-state index is 13.4. The third kappa shape index (κ3) is 5.73. The Morgan fingerprint density at radius 2 is 1.81 bits per heavy atom. The molecule has 0 aliphatic heterocycles. The first kappa shape index (κ1) is 19.2. The molecule has 0 aromatic heterocycles. The smallest absolute Gasteiger partial charge is 0.258 e. The van der Waals surface area contributed by atoms with Gasteiger partial charge in [0.15, 0.2) is 18.2 Å². The number of carbonyl (C=O) groups is 2. The van der Waals surface area contributed by atoms with Gasteiger partial charge in [-0.1, -0.05) is 0 Å². The molecule has 2 amide bonds. The minimum absolute atomic E-state index is 0.00159. The van der Waals surface area contributed by atoms with Gasteiger partial charge in [-0.3, -0.25) is 9.59 Å². The van der Waals surface area contributed by atoms with Gasteiger partial charge >= 0.3 is 0 Å². The fraction of sp³-hybridized carbons (Fsp3) is 0.222. The average molecular weight is 364 g/mol. The topological polar surface area (TPSA) is 90.7 Å². The first-order valence-corrected chi connectivity index (χ1v) is 7.75. The standard InChI is InChI=1S/C18H18F2N2O4/c1-11(9-26-16-7-4-13(19)8-15(16)20)22-17(23)10-25-14-5-2-12(3-6-14)18(21)24/h2-8,11H,9-10H2,1H3,(H2,21,24)(H,22,23). The van der Waals surface area contributed by atoms with E-state index >= 15 is 0 Å². The highest BCUT2D eigenvalue weighted by molar-refractivity contribution is 5.92. The summed E-state index contributed by atoms with van der Waals surface area (Å²) >= 11 is 0. The van der Waals surface area contributed by atoms with Crippen molar-refractivity contribution in [3.8, 4) is 11.5 Å². The van der Waals surface area contributed by atoms with E-state index < -0.39 is 29.5 Å². The zero-order chi connectivity index (χ0) is 19.1. The predicted molar refractivity (Wildman–Crippen MR) is 89.9 cm³/mol. The number of hydrogen-bond acceptors (Lipinski definition) is 4. The van der Waals surface area contributed by atoms with Crippen LogP contribution in [0.15, 0.2) is 42.5 Å². The van der Waals surface area contributed by atoms with Crippen LogP contribution in [-0.2, 0) is 4.79 Å². The van der Waals surface area contributed by atoms with Gasteiger partial charge < -0.3 is 20.5 Å². The summed E-state index contributed by atoms with van der Waals surface area (Å²) < 4.78 is 36.8. The number of halogens is 2. The molecule has 0 radical (unpaired) electrons. The predicted octanol–water partition coefficient (Wildman–Crippen LogP) is 2.03. The van der Waals surface area contributed by atoms with Crippen LogP contribution in [-0.4, -0.2) is 31.1 Å². The van der Waals surface area contributed by atoms with Crippen LogP contribution in [0.25, 0.3) is 0 Å². The zero-order valence-electron chi connectivity index (χ0n) is 14.0. The van der Waals surface area contributed by atoms with Gasteiger partial charge in [-0.15, -0.1) is 0 Å². The van der Waals surface area contributed by atoms with E-state index in [0.717, 1.165) is 12.1 Å². The fourth-order valence-electron chi connectivity index (χ4n) is 2.03. The Bertz CT molecular complexity index is 781. The van der Waals surface area contributed by atoms with Crippen molar-refractivity contribution in [1.82, 2.24) is 5.32 Å². The van der Waals surface area contributed by atoms with Crippen molar-refractivity contribution in [2.75, 3.05) is 13.2 Å². The SMILES string of the molecule is CC(COc1ccc(F)cc1F)NC(=O)COc1ccc(C(N)=O)cc1. The quantitative estimate of drug-likeness (QED) is 0.750. The molecule has 0 bridgehead atoms. The van der Waals surface area contributed by atoms with Gasteiger partial charge in [0.1, 0.15) is 18.2 Å². The van der Waals surface area contributed by atoms with E-state index in [9.17, 15) is 18.4 Å². The molecule has 0 aliphatic rings. The lowest BCUT2D eigenvalue weighted by atomic mass is 10.2. The normalized spacial score (nSPS) is 11.5. The number of primary amides is 1. The molecule has 2 rings (SSSR count). The first-order chi connectivity index (χ1) is 12.3. The summed E-state index contributed by atoms with van der Waals surface area (Å²) in [6, 6.07) is 8.58. The van der Waals surface area contributed by atoms with Crippen molar-refractivity contribution >= 4 is 11.8 Å². The molecule has 2 aromatic carbocycles. The molecule has 1 unspecified atom stereocenters. The molecule has 0 saturated heterocycles. The Balaban J connectivity index is 1.75. The molecule has 1 atom stereocenters. The van der Waals surface area contributed by atoms with Crippen molar-refractivity contribution < 1.29 is 27.8 Å². The van der Waals surface area contributed by atoms with Gasteiger partial charge in [0.05, 0.1) is 6.04 Å². The number of rotatable bonds is 8. The number of carbonyl (C=O) groups excluding carboxylic acids is 2. The van der Waals surface area contributed by atoms with Crippen molar-refractivity contribution in [1.29, 1.82) is 0 Å². The molecule has 138 valence electrons. The maximum absolute atomic E-state index is 13.4. The third-order valence-electron chi connectivity index (χ3n) is 3.30. The van der Waals surface area contributed by atoms with Crippen LogP contribution >= 0.6 is 0 Å². The summed E-state index contributed by atoms with van der Waals surface area (Å²) in [6.45, 7) is 1.42. The highest BCUT2D eigenvalue weighted by Gasteiger charge is 2.11. The highest BCUT2D eigenvalue weighted by Crippen LogP contribution is 2.17. The van der Waals surface area contributed by atoms with E-state index in [1.54, 1.807) is 6.92 Å². The van der Waals surface area contributed by atoms with Crippen molar-refractivity contribution in [3.63, 3.8) is 0 Å². The Kier molecular flexibility index (Phi) is 6.48. The Hall–Kier alpha value is -3.16. The Labute approximate surface area is 148 Å². The van der Waals surface area contributed by atoms with Gasteiger partial charge in [-0.2, -0.15) is 0 Å². The van der Waals surface area contributed by atoms with Crippen LogP contribution in [0.4, 0.5) is 8.78 Å². The number of ether oxygens (including phenoxy) is 2. The van der Waals surface area contributed by atoms with E-state index in [1.165, 1.54) is 30.3 Å².